The highest BCUT2D eigenvalue weighted by Gasteiger charge is 2.37. The van der Waals surface area contributed by atoms with Crippen molar-refractivity contribution in [1.82, 2.24) is 4.90 Å². The Balaban J connectivity index is 0.00000192. The van der Waals surface area contributed by atoms with Crippen LogP contribution in [0.15, 0.2) is 24.3 Å². The predicted octanol–water partition coefficient (Wildman–Crippen LogP) is 3.64. The van der Waals surface area contributed by atoms with Gasteiger partial charge >= 0.3 is 0 Å². The molecule has 1 saturated heterocycles. The number of aliphatic hydroxyl groups excluding tert-OH is 1. The first kappa shape index (κ1) is 18.5. The first-order valence-electron chi connectivity index (χ1n) is 8.54. The normalized spacial score (nSPS) is 27.8. The van der Waals surface area contributed by atoms with Crippen molar-refractivity contribution in [3.63, 3.8) is 0 Å². The zero-order valence-electron chi connectivity index (χ0n) is 13.5. The molecule has 0 aromatic heterocycles. The molecule has 5 heteroatoms. The molecular formula is C18H27ClFNO2. The molecule has 3 unspecified atom stereocenters. The third-order valence-corrected chi connectivity index (χ3v) is 5.13. The van der Waals surface area contributed by atoms with Crippen LogP contribution in [0.25, 0.3) is 0 Å². The maximum Gasteiger partial charge on any atom is 0.123 e. The summed E-state index contributed by atoms with van der Waals surface area (Å²) >= 11 is 0. The molecule has 1 saturated carbocycles. The summed E-state index contributed by atoms with van der Waals surface area (Å²) < 4.78 is 18.5. The van der Waals surface area contributed by atoms with Gasteiger partial charge in [-0.25, -0.2) is 4.39 Å². The molecule has 1 aromatic rings. The lowest BCUT2D eigenvalue weighted by atomic mass is 9.76. The van der Waals surface area contributed by atoms with Crippen molar-refractivity contribution < 1.29 is 14.2 Å². The molecule has 1 heterocycles. The molecular weight excluding hydrogens is 317 g/mol. The topological polar surface area (TPSA) is 32.7 Å². The van der Waals surface area contributed by atoms with Gasteiger partial charge in [0.05, 0.1) is 12.7 Å². The summed E-state index contributed by atoms with van der Waals surface area (Å²) in [6.45, 7) is 2.68. The standard InChI is InChI=1S/C18H26FNO2.ClH/c19-14-6-8-15(9-7-14)22-13-3-11-20-12-10-18(21)16-4-1-2-5-17(16)20;/h6-9,16-18,21H,1-5,10-13H2;1H. The molecule has 1 aliphatic carbocycles. The number of fused-ring (bicyclic) bond motifs is 1. The molecule has 1 aliphatic heterocycles. The summed E-state index contributed by atoms with van der Waals surface area (Å²) in [6.07, 6.45) is 6.72. The molecule has 3 rings (SSSR count). The number of benzene rings is 1. The Morgan fingerprint density at radius 3 is 2.65 bits per heavy atom. The number of aliphatic hydroxyl groups is 1. The van der Waals surface area contributed by atoms with Crippen LogP contribution < -0.4 is 4.74 Å². The summed E-state index contributed by atoms with van der Waals surface area (Å²) in [5, 5.41) is 10.2. The predicted molar refractivity (Wildman–Crippen MR) is 91.7 cm³/mol. The van der Waals surface area contributed by atoms with E-state index in [9.17, 15) is 9.50 Å². The van der Waals surface area contributed by atoms with Crippen LogP contribution in [0.4, 0.5) is 4.39 Å². The van der Waals surface area contributed by atoms with Crippen LogP contribution in [0.1, 0.15) is 38.5 Å². The lowest BCUT2D eigenvalue weighted by Gasteiger charge is -2.46. The molecule has 0 radical (unpaired) electrons. The molecule has 2 fully saturated rings. The van der Waals surface area contributed by atoms with Gasteiger partial charge in [0.15, 0.2) is 0 Å². The van der Waals surface area contributed by atoms with E-state index in [4.69, 9.17) is 4.74 Å². The molecule has 2 aliphatic rings. The van der Waals surface area contributed by atoms with Gasteiger partial charge in [0.1, 0.15) is 11.6 Å². The Morgan fingerprint density at radius 1 is 1.13 bits per heavy atom. The van der Waals surface area contributed by atoms with Crippen LogP contribution >= 0.6 is 12.4 Å². The zero-order chi connectivity index (χ0) is 15.4. The van der Waals surface area contributed by atoms with E-state index in [1.165, 1.54) is 37.8 Å². The summed E-state index contributed by atoms with van der Waals surface area (Å²) in [7, 11) is 0. The largest absolute Gasteiger partial charge is 0.494 e. The van der Waals surface area contributed by atoms with Crippen molar-refractivity contribution in [2.24, 2.45) is 5.92 Å². The lowest BCUT2D eigenvalue weighted by Crippen LogP contribution is -2.52. The number of rotatable bonds is 5. The van der Waals surface area contributed by atoms with E-state index < -0.39 is 0 Å². The second-order valence-corrected chi connectivity index (χ2v) is 6.56. The number of ether oxygens (including phenoxy) is 1. The average Bonchev–Trinajstić information content (AvgIpc) is 2.55. The van der Waals surface area contributed by atoms with Gasteiger partial charge in [-0.05, 0) is 49.9 Å². The zero-order valence-corrected chi connectivity index (χ0v) is 14.3. The van der Waals surface area contributed by atoms with Gasteiger partial charge in [-0.2, -0.15) is 0 Å². The molecule has 0 bridgehead atoms. The summed E-state index contributed by atoms with van der Waals surface area (Å²) in [5.74, 6) is 0.967. The van der Waals surface area contributed by atoms with E-state index >= 15 is 0 Å². The highest BCUT2D eigenvalue weighted by molar-refractivity contribution is 5.85. The first-order chi connectivity index (χ1) is 10.7. The van der Waals surface area contributed by atoms with Crippen LogP contribution in [0.2, 0.25) is 0 Å². The quantitative estimate of drug-likeness (QED) is 0.828. The van der Waals surface area contributed by atoms with Gasteiger partial charge in [0.2, 0.25) is 0 Å². The molecule has 0 amide bonds. The molecule has 3 nitrogen and oxygen atoms in total. The molecule has 0 spiro atoms. The number of likely N-dealkylation sites (tertiary alicyclic amines) is 1. The Hall–Kier alpha value is -0.840. The first-order valence-corrected chi connectivity index (χ1v) is 8.54. The minimum Gasteiger partial charge on any atom is -0.494 e. The highest BCUT2D eigenvalue weighted by Crippen LogP contribution is 2.35. The van der Waals surface area contributed by atoms with Gasteiger partial charge in [0, 0.05) is 25.0 Å². The van der Waals surface area contributed by atoms with Crippen molar-refractivity contribution >= 4 is 12.4 Å². The minimum atomic E-state index is -0.234. The van der Waals surface area contributed by atoms with Crippen molar-refractivity contribution in [3.8, 4) is 5.75 Å². The molecule has 3 atom stereocenters. The maximum atomic E-state index is 12.8. The van der Waals surface area contributed by atoms with E-state index in [0.717, 1.165) is 31.7 Å². The average molecular weight is 344 g/mol. The van der Waals surface area contributed by atoms with Crippen LogP contribution in [-0.2, 0) is 0 Å². The van der Waals surface area contributed by atoms with Crippen molar-refractivity contribution in [3.05, 3.63) is 30.1 Å². The van der Waals surface area contributed by atoms with Gasteiger partial charge < -0.3 is 9.84 Å². The van der Waals surface area contributed by atoms with Crippen LogP contribution in [0, 0.1) is 11.7 Å². The summed E-state index contributed by atoms with van der Waals surface area (Å²) in [6, 6.07) is 6.75. The summed E-state index contributed by atoms with van der Waals surface area (Å²) in [5.41, 5.74) is 0. The number of hydrogen-bond acceptors (Lipinski definition) is 3. The van der Waals surface area contributed by atoms with Crippen LogP contribution in [0.3, 0.4) is 0 Å². The number of nitrogens with zero attached hydrogens (tertiary/aromatic N) is 1. The number of hydrogen-bond donors (Lipinski definition) is 1. The third-order valence-electron chi connectivity index (χ3n) is 5.13. The Bertz CT molecular complexity index is 471. The fourth-order valence-corrected chi connectivity index (χ4v) is 3.99. The van der Waals surface area contributed by atoms with E-state index in [1.807, 2.05) is 0 Å². The van der Waals surface area contributed by atoms with Gasteiger partial charge in [-0.1, -0.05) is 12.8 Å². The molecule has 1 aromatic carbocycles. The Kier molecular flexibility index (Phi) is 7.12. The highest BCUT2D eigenvalue weighted by atomic mass is 35.5. The second-order valence-electron chi connectivity index (χ2n) is 6.56. The SMILES string of the molecule is Cl.OC1CCN(CCCOc2ccc(F)cc2)C2CCCCC12. The second kappa shape index (κ2) is 8.86. The van der Waals surface area contributed by atoms with E-state index in [2.05, 4.69) is 4.90 Å². The van der Waals surface area contributed by atoms with Crippen LogP contribution in [-0.4, -0.2) is 41.8 Å². The molecule has 130 valence electrons. The fourth-order valence-electron chi connectivity index (χ4n) is 3.99. The third kappa shape index (κ3) is 4.82. The van der Waals surface area contributed by atoms with E-state index in [1.54, 1.807) is 12.1 Å². The maximum absolute atomic E-state index is 12.8. The van der Waals surface area contributed by atoms with Crippen molar-refractivity contribution in [2.45, 2.75) is 50.7 Å². The van der Waals surface area contributed by atoms with Crippen molar-refractivity contribution in [1.29, 1.82) is 0 Å². The molecule has 23 heavy (non-hydrogen) atoms. The van der Waals surface area contributed by atoms with Gasteiger partial charge in [-0.15, -0.1) is 12.4 Å². The van der Waals surface area contributed by atoms with E-state index in [0.29, 0.717) is 18.6 Å². The Morgan fingerprint density at radius 2 is 1.87 bits per heavy atom. The monoisotopic (exact) mass is 343 g/mol. The lowest BCUT2D eigenvalue weighted by molar-refractivity contribution is -0.0369. The van der Waals surface area contributed by atoms with Gasteiger partial charge in [0.25, 0.3) is 0 Å². The van der Waals surface area contributed by atoms with Crippen LogP contribution in [0.5, 0.6) is 5.75 Å². The van der Waals surface area contributed by atoms with E-state index in [-0.39, 0.29) is 24.3 Å². The number of halogens is 2. The fraction of sp³-hybridized carbons (Fsp3) is 0.667. The minimum absolute atomic E-state index is 0. The Labute approximate surface area is 144 Å². The summed E-state index contributed by atoms with van der Waals surface area (Å²) in [4.78, 5) is 2.55. The molecule has 1 N–H and O–H groups in total. The smallest absolute Gasteiger partial charge is 0.123 e. The number of piperidine rings is 1. The van der Waals surface area contributed by atoms with Crippen molar-refractivity contribution in [2.75, 3.05) is 19.7 Å². The van der Waals surface area contributed by atoms with Gasteiger partial charge in [-0.3, -0.25) is 4.90 Å².